The van der Waals surface area contributed by atoms with E-state index in [1.807, 2.05) is 24.3 Å². The van der Waals surface area contributed by atoms with Gasteiger partial charge in [0.1, 0.15) is 5.82 Å². The smallest absolute Gasteiger partial charge is 0.163 e. The van der Waals surface area contributed by atoms with Crippen LogP contribution in [0.3, 0.4) is 0 Å². The second-order valence-corrected chi connectivity index (χ2v) is 14.3. The zero-order valence-electron chi connectivity index (χ0n) is 30.2. The molecule has 4 aliphatic rings. The minimum Gasteiger partial charge on any atom is -0.265 e. The SMILES string of the molecule is C1=CC(C2=CC(c3cc(C4=CCC(c5nc(-c6ccncc6)nc(-c6ccncc6)n5)C=C4)cc(C4=CC=C(c5ccccc5)CC4)c3)CC=C2)=CCC1. The van der Waals surface area contributed by atoms with E-state index in [9.17, 15) is 0 Å². The number of rotatable bonds is 8. The normalized spacial score (nSPS) is 19.4. The Morgan fingerprint density at radius 3 is 1.83 bits per heavy atom. The van der Waals surface area contributed by atoms with Crippen molar-refractivity contribution < 1.29 is 0 Å². The van der Waals surface area contributed by atoms with Crippen molar-refractivity contribution in [1.82, 2.24) is 24.9 Å². The predicted molar refractivity (Wildman–Crippen MR) is 220 cm³/mol. The zero-order chi connectivity index (χ0) is 36.1. The van der Waals surface area contributed by atoms with E-state index in [0.29, 0.717) is 17.6 Å². The molecule has 4 aliphatic carbocycles. The zero-order valence-corrected chi connectivity index (χ0v) is 30.2. The van der Waals surface area contributed by atoms with Crippen LogP contribution in [-0.2, 0) is 0 Å². The highest BCUT2D eigenvalue weighted by molar-refractivity contribution is 5.82. The molecule has 0 amide bonds. The van der Waals surface area contributed by atoms with Crippen LogP contribution in [0.4, 0.5) is 0 Å². The van der Waals surface area contributed by atoms with Gasteiger partial charge in [-0.2, -0.15) is 0 Å². The summed E-state index contributed by atoms with van der Waals surface area (Å²) in [5.41, 5.74) is 13.8. The maximum atomic E-state index is 4.99. The number of hydrogen-bond acceptors (Lipinski definition) is 5. The van der Waals surface area contributed by atoms with Gasteiger partial charge in [0, 0.05) is 47.8 Å². The van der Waals surface area contributed by atoms with Gasteiger partial charge in [0.15, 0.2) is 11.6 Å². The molecule has 0 N–H and O–H groups in total. The maximum absolute atomic E-state index is 4.99. The molecule has 2 aromatic carbocycles. The molecule has 0 radical (unpaired) electrons. The predicted octanol–water partition coefficient (Wildman–Crippen LogP) is 11.6. The molecule has 0 spiro atoms. The lowest BCUT2D eigenvalue weighted by molar-refractivity contribution is 0.766. The van der Waals surface area contributed by atoms with Crippen molar-refractivity contribution in [2.75, 3.05) is 0 Å². The molecule has 0 saturated carbocycles. The summed E-state index contributed by atoms with van der Waals surface area (Å²) in [6.07, 6.45) is 38.8. The summed E-state index contributed by atoms with van der Waals surface area (Å²) in [7, 11) is 0. The number of allylic oxidation sites excluding steroid dienone is 16. The third-order valence-corrected chi connectivity index (χ3v) is 10.7. The molecule has 0 aliphatic heterocycles. The van der Waals surface area contributed by atoms with Crippen molar-refractivity contribution in [3.63, 3.8) is 0 Å². The molecular weight excluding hydrogens is 659 g/mol. The van der Waals surface area contributed by atoms with Gasteiger partial charge in [-0.3, -0.25) is 9.97 Å². The lowest BCUT2D eigenvalue weighted by Gasteiger charge is -2.23. The summed E-state index contributed by atoms with van der Waals surface area (Å²) >= 11 is 0. The third-order valence-electron chi connectivity index (χ3n) is 10.7. The Labute approximate surface area is 317 Å². The Kier molecular flexibility index (Phi) is 9.51. The van der Waals surface area contributed by atoms with E-state index < -0.39 is 0 Å². The molecule has 262 valence electrons. The summed E-state index contributed by atoms with van der Waals surface area (Å²) in [4.78, 5) is 23.2. The van der Waals surface area contributed by atoms with Crippen LogP contribution < -0.4 is 0 Å². The Morgan fingerprint density at radius 1 is 0.500 bits per heavy atom. The molecule has 0 fully saturated rings. The monoisotopic (exact) mass is 699 g/mol. The standard InChI is InChI=1S/C49H41N5/c1-3-8-34(9-4-1)36-14-16-37(17-15-36)44-31-45(33-46(32-44)43-13-7-12-42(30-43)35-10-5-2-6-11-35)38-18-20-39(21-19-38)47-52-48(40-22-26-50-27-23-40)54-49(53-47)41-24-28-51-29-25-41/h1,3-5,7-12,14,16,18-20,22-33,39,43H,2,6,13,15,17,21H2. The maximum Gasteiger partial charge on any atom is 0.163 e. The first-order valence-corrected chi connectivity index (χ1v) is 19.0. The number of nitrogens with zero attached hydrogens (tertiary/aromatic N) is 5. The molecule has 5 heteroatoms. The van der Waals surface area contributed by atoms with E-state index >= 15 is 0 Å². The van der Waals surface area contributed by atoms with Crippen LogP contribution in [0, 0.1) is 0 Å². The Bertz CT molecular complexity index is 2370. The number of benzene rings is 2. The fraction of sp³-hybridized carbons (Fsp3) is 0.163. The highest BCUT2D eigenvalue weighted by atomic mass is 15.0. The van der Waals surface area contributed by atoms with E-state index in [-0.39, 0.29) is 5.92 Å². The highest BCUT2D eigenvalue weighted by Gasteiger charge is 2.22. The van der Waals surface area contributed by atoms with Gasteiger partial charge in [0.25, 0.3) is 0 Å². The summed E-state index contributed by atoms with van der Waals surface area (Å²) in [6, 6.07) is 25.8. The van der Waals surface area contributed by atoms with Crippen molar-refractivity contribution in [2.45, 2.75) is 50.4 Å². The topological polar surface area (TPSA) is 64.5 Å². The molecule has 0 bridgehead atoms. The Hall–Kier alpha value is -6.33. The highest BCUT2D eigenvalue weighted by Crippen LogP contribution is 2.39. The molecule has 5 aromatic rings. The molecule has 3 heterocycles. The largest absolute Gasteiger partial charge is 0.265 e. The van der Waals surface area contributed by atoms with Crippen LogP contribution in [-0.4, -0.2) is 24.9 Å². The second-order valence-electron chi connectivity index (χ2n) is 14.3. The van der Waals surface area contributed by atoms with Gasteiger partial charge < -0.3 is 0 Å². The lowest BCUT2D eigenvalue weighted by atomic mass is 9.82. The number of hydrogen-bond donors (Lipinski definition) is 0. The van der Waals surface area contributed by atoms with E-state index in [1.165, 1.54) is 50.1 Å². The summed E-state index contributed by atoms with van der Waals surface area (Å²) in [5, 5.41) is 0. The van der Waals surface area contributed by atoms with Gasteiger partial charge in [0.2, 0.25) is 0 Å². The van der Waals surface area contributed by atoms with Crippen molar-refractivity contribution in [3.8, 4) is 22.8 Å². The molecule has 2 atom stereocenters. The van der Waals surface area contributed by atoms with Crippen LogP contribution >= 0.6 is 0 Å². The van der Waals surface area contributed by atoms with E-state index in [0.717, 1.165) is 55.5 Å². The summed E-state index contributed by atoms with van der Waals surface area (Å²) in [5.74, 6) is 2.38. The molecule has 9 rings (SSSR count). The first kappa shape index (κ1) is 33.5. The average molecular weight is 700 g/mol. The van der Waals surface area contributed by atoms with E-state index in [1.54, 1.807) is 24.8 Å². The lowest BCUT2D eigenvalue weighted by Crippen LogP contribution is -2.09. The molecular formula is C49H41N5. The van der Waals surface area contributed by atoms with Crippen LogP contribution in [0.25, 0.3) is 39.5 Å². The molecule has 54 heavy (non-hydrogen) atoms. The first-order chi connectivity index (χ1) is 26.7. The minimum absolute atomic E-state index is 0.0222. The van der Waals surface area contributed by atoms with E-state index in [2.05, 4.69) is 125 Å². The quantitative estimate of drug-likeness (QED) is 0.161. The Morgan fingerprint density at radius 2 is 1.19 bits per heavy atom. The Balaban J connectivity index is 1.06. The van der Waals surface area contributed by atoms with Gasteiger partial charge in [-0.05, 0) is 119 Å². The molecule has 5 nitrogen and oxygen atoms in total. The minimum atomic E-state index is 0.0222. The van der Waals surface area contributed by atoms with E-state index in [4.69, 9.17) is 15.0 Å². The molecule has 0 saturated heterocycles. The van der Waals surface area contributed by atoms with Crippen LogP contribution in [0.15, 0.2) is 176 Å². The molecule has 3 aromatic heterocycles. The van der Waals surface area contributed by atoms with Crippen molar-refractivity contribution in [1.29, 1.82) is 0 Å². The fourth-order valence-corrected chi connectivity index (χ4v) is 7.77. The summed E-state index contributed by atoms with van der Waals surface area (Å²) in [6.45, 7) is 0. The van der Waals surface area contributed by atoms with Crippen molar-refractivity contribution >= 4 is 16.7 Å². The number of pyridine rings is 2. The molecule has 2 unspecified atom stereocenters. The van der Waals surface area contributed by atoms with Crippen LogP contribution in [0.1, 0.15) is 78.4 Å². The van der Waals surface area contributed by atoms with Crippen LogP contribution in [0.5, 0.6) is 0 Å². The van der Waals surface area contributed by atoms with Gasteiger partial charge in [0.05, 0.1) is 0 Å². The van der Waals surface area contributed by atoms with Crippen molar-refractivity contribution in [2.24, 2.45) is 0 Å². The first-order valence-electron chi connectivity index (χ1n) is 19.0. The number of aromatic nitrogens is 5. The second kappa shape index (κ2) is 15.3. The average Bonchev–Trinajstić information content (AvgIpc) is 3.27. The van der Waals surface area contributed by atoms with Gasteiger partial charge in [-0.15, -0.1) is 0 Å². The fourth-order valence-electron chi connectivity index (χ4n) is 7.77. The van der Waals surface area contributed by atoms with Crippen molar-refractivity contribution in [3.05, 3.63) is 204 Å². The van der Waals surface area contributed by atoms with Gasteiger partial charge in [-0.25, -0.2) is 15.0 Å². The summed E-state index contributed by atoms with van der Waals surface area (Å²) < 4.78 is 0. The third kappa shape index (κ3) is 7.31. The van der Waals surface area contributed by atoms with Crippen LogP contribution in [0.2, 0.25) is 0 Å². The van der Waals surface area contributed by atoms with Gasteiger partial charge >= 0.3 is 0 Å². The van der Waals surface area contributed by atoms with Gasteiger partial charge in [-0.1, -0.05) is 109 Å².